The molecule has 0 radical (unpaired) electrons. The molecule has 2 heteroatoms. The van der Waals surface area contributed by atoms with E-state index in [1.807, 2.05) is 0 Å². The first kappa shape index (κ1) is 11.4. The Hall–Kier alpha value is -0.0800. The van der Waals surface area contributed by atoms with Gasteiger partial charge in [0, 0.05) is 12.6 Å². The van der Waals surface area contributed by atoms with Crippen LogP contribution in [0, 0.1) is 11.8 Å². The minimum absolute atomic E-state index is 0.0512. The molecule has 88 valence electrons. The molecule has 2 nitrogen and oxygen atoms in total. The van der Waals surface area contributed by atoms with E-state index in [0.717, 1.165) is 18.3 Å². The molecule has 15 heavy (non-hydrogen) atoms. The van der Waals surface area contributed by atoms with Gasteiger partial charge >= 0.3 is 0 Å². The maximum atomic E-state index is 10.0. The number of rotatable bonds is 2. The monoisotopic (exact) mass is 211 g/mol. The number of nitrogens with zero attached hydrogens (tertiary/aromatic N) is 1. The highest BCUT2D eigenvalue weighted by molar-refractivity contribution is 4.88. The number of hydrogen-bond acceptors (Lipinski definition) is 2. The van der Waals surface area contributed by atoms with Crippen molar-refractivity contribution < 1.29 is 5.11 Å². The van der Waals surface area contributed by atoms with E-state index in [9.17, 15) is 5.11 Å². The first-order chi connectivity index (χ1) is 7.18. The van der Waals surface area contributed by atoms with Crippen molar-refractivity contribution in [2.75, 3.05) is 13.1 Å². The second-order valence-corrected chi connectivity index (χ2v) is 5.71. The second kappa shape index (κ2) is 4.84. The van der Waals surface area contributed by atoms with E-state index in [0.29, 0.717) is 6.04 Å². The van der Waals surface area contributed by atoms with Gasteiger partial charge in [0.2, 0.25) is 0 Å². The fourth-order valence-electron chi connectivity index (χ4n) is 3.18. The molecule has 0 spiro atoms. The molecular weight excluding hydrogens is 186 g/mol. The topological polar surface area (TPSA) is 23.5 Å². The second-order valence-electron chi connectivity index (χ2n) is 5.71. The Labute approximate surface area is 93.7 Å². The van der Waals surface area contributed by atoms with Gasteiger partial charge in [0.05, 0.1) is 6.10 Å². The predicted octanol–water partition coefficient (Wildman–Crippen LogP) is 2.27. The number of aliphatic hydroxyl groups is 1. The van der Waals surface area contributed by atoms with Gasteiger partial charge in [0.25, 0.3) is 0 Å². The third kappa shape index (κ3) is 2.54. The summed E-state index contributed by atoms with van der Waals surface area (Å²) in [6.45, 7) is 7.08. The third-order valence-electron chi connectivity index (χ3n) is 4.36. The highest BCUT2D eigenvalue weighted by atomic mass is 16.3. The van der Waals surface area contributed by atoms with Crippen molar-refractivity contribution in [2.24, 2.45) is 11.8 Å². The van der Waals surface area contributed by atoms with E-state index in [1.54, 1.807) is 0 Å². The van der Waals surface area contributed by atoms with Crippen LogP contribution in [0.25, 0.3) is 0 Å². The Balaban J connectivity index is 1.89. The molecule has 1 aliphatic carbocycles. The lowest BCUT2D eigenvalue weighted by Gasteiger charge is -2.35. The van der Waals surface area contributed by atoms with Crippen LogP contribution in [0.5, 0.6) is 0 Å². The molecule has 0 bridgehead atoms. The quantitative estimate of drug-likeness (QED) is 0.757. The molecule has 1 aliphatic heterocycles. The van der Waals surface area contributed by atoms with E-state index in [-0.39, 0.29) is 6.10 Å². The highest BCUT2D eigenvalue weighted by Crippen LogP contribution is 2.30. The highest BCUT2D eigenvalue weighted by Gasteiger charge is 2.34. The first-order valence-electron chi connectivity index (χ1n) is 6.60. The zero-order chi connectivity index (χ0) is 10.8. The first-order valence-corrected chi connectivity index (χ1v) is 6.60. The summed E-state index contributed by atoms with van der Waals surface area (Å²) in [4.78, 5) is 2.55. The average Bonchev–Trinajstić information content (AvgIpc) is 2.67. The lowest BCUT2D eigenvalue weighted by molar-refractivity contribution is 0.0285. The van der Waals surface area contributed by atoms with Crippen LogP contribution in [0.2, 0.25) is 0 Å². The Morgan fingerprint density at radius 2 is 1.87 bits per heavy atom. The van der Waals surface area contributed by atoms with Gasteiger partial charge in [-0.25, -0.2) is 0 Å². The zero-order valence-corrected chi connectivity index (χ0v) is 10.2. The molecule has 3 atom stereocenters. The summed E-state index contributed by atoms with van der Waals surface area (Å²) < 4.78 is 0. The van der Waals surface area contributed by atoms with Gasteiger partial charge in [0.15, 0.2) is 0 Å². The van der Waals surface area contributed by atoms with Crippen molar-refractivity contribution in [3.05, 3.63) is 0 Å². The van der Waals surface area contributed by atoms with Crippen LogP contribution in [0.3, 0.4) is 0 Å². The predicted molar refractivity (Wildman–Crippen MR) is 62.8 cm³/mol. The van der Waals surface area contributed by atoms with Crippen molar-refractivity contribution in [3.8, 4) is 0 Å². The van der Waals surface area contributed by atoms with Gasteiger partial charge in [-0.1, -0.05) is 26.7 Å². The van der Waals surface area contributed by atoms with E-state index in [2.05, 4.69) is 18.7 Å². The van der Waals surface area contributed by atoms with Gasteiger partial charge in [-0.3, -0.25) is 4.90 Å². The molecule has 1 N–H and O–H groups in total. The average molecular weight is 211 g/mol. The molecule has 2 aliphatic rings. The largest absolute Gasteiger partial charge is 0.391 e. The van der Waals surface area contributed by atoms with E-state index in [1.165, 1.54) is 38.8 Å². The van der Waals surface area contributed by atoms with E-state index < -0.39 is 0 Å². The molecule has 1 saturated heterocycles. The lowest BCUT2D eigenvalue weighted by atomic mass is 9.91. The number of hydrogen-bond donors (Lipinski definition) is 1. The Morgan fingerprint density at radius 3 is 2.47 bits per heavy atom. The molecule has 0 aromatic heterocycles. The van der Waals surface area contributed by atoms with Crippen LogP contribution in [0.1, 0.15) is 46.0 Å². The fraction of sp³-hybridized carbons (Fsp3) is 1.00. The van der Waals surface area contributed by atoms with E-state index >= 15 is 0 Å². The molecule has 2 rings (SSSR count). The van der Waals surface area contributed by atoms with E-state index in [4.69, 9.17) is 0 Å². The van der Waals surface area contributed by atoms with Crippen molar-refractivity contribution in [1.29, 1.82) is 0 Å². The summed E-state index contributed by atoms with van der Waals surface area (Å²) in [6.07, 6.45) is 6.05. The molecular formula is C13H25NO. The van der Waals surface area contributed by atoms with Gasteiger partial charge in [0.1, 0.15) is 0 Å². The van der Waals surface area contributed by atoms with Gasteiger partial charge in [-0.15, -0.1) is 0 Å². The fourth-order valence-corrected chi connectivity index (χ4v) is 3.18. The summed E-state index contributed by atoms with van der Waals surface area (Å²) in [5.41, 5.74) is 0. The summed E-state index contributed by atoms with van der Waals surface area (Å²) in [6, 6.07) is 0.475. The van der Waals surface area contributed by atoms with Crippen LogP contribution >= 0.6 is 0 Å². The Bertz CT molecular complexity index is 205. The maximum Gasteiger partial charge on any atom is 0.0695 e. The minimum Gasteiger partial charge on any atom is -0.391 e. The van der Waals surface area contributed by atoms with Crippen LogP contribution in [0.15, 0.2) is 0 Å². The van der Waals surface area contributed by atoms with Crippen molar-refractivity contribution in [1.82, 2.24) is 4.90 Å². The van der Waals surface area contributed by atoms with Gasteiger partial charge in [-0.2, -0.15) is 0 Å². The lowest BCUT2D eigenvalue weighted by Crippen LogP contribution is -2.44. The standard InChI is InChI=1S/C13H25NO/c1-10(2)11-7-8-14(9-11)12-5-3-4-6-13(12)15/h10-13,15H,3-9H2,1-2H3/t11?,12-,13-/m0/s1. The van der Waals surface area contributed by atoms with Crippen LogP contribution in [0.4, 0.5) is 0 Å². The summed E-state index contributed by atoms with van der Waals surface area (Å²) >= 11 is 0. The smallest absolute Gasteiger partial charge is 0.0695 e. The summed E-state index contributed by atoms with van der Waals surface area (Å²) in [5.74, 6) is 1.66. The Kier molecular flexibility index (Phi) is 3.68. The normalized spacial score (nSPS) is 38.8. The Morgan fingerprint density at radius 1 is 1.13 bits per heavy atom. The molecule has 1 saturated carbocycles. The van der Waals surface area contributed by atoms with Crippen molar-refractivity contribution in [3.63, 3.8) is 0 Å². The maximum absolute atomic E-state index is 10.0. The van der Waals surface area contributed by atoms with Crippen LogP contribution in [-0.4, -0.2) is 35.2 Å². The molecule has 1 heterocycles. The van der Waals surface area contributed by atoms with Crippen molar-refractivity contribution in [2.45, 2.75) is 58.1 Å². The molecule has 2 fully saturated rings. The zero-order valence-electron chi connectivity index (χ0n) is 10.2. The van der Waals surface area contributed by atoms with Crippen LogP contribution < -0.4 is 0 Å². The van der Waals surface area contributed by atoms with Crippen molar-refractivity contribution >= 4 is 0 Å². The molecule has 0 aromatic carbocycles. The molecule has 0 amide bonds. The van der Waals surface area contributed by atoms with Gasteiger partial charge in [-0.05, 0) is 37.6 Å². The summed E-state index contributed by atoms with van der Waals surface area (Å²) in [7, 11) is 0. The molecule has 1 unspecified atom stereocenters. The molecule has 0 aromatic rings. The third-order valence-corrected chi connectivity index (χ3v) is 4.36. The number of aliphatic hydroxyl groups excluding tert-OH is 1. The van der Waals surface area contributed by atoms with Gasteiger partial charge < -0.3 is 5.11 Å². The number of likely N-dealkylation sites (tertiary alicyclic amines) is 1. The van der Waals surface area contributed by atoms with Crippen LogP contribution in [-0.2, 0) is 0 Å². The summed E-state index contributed by atoms with van der Waals surface area (Å²) in [5, 5.41) is 10.0. The SMILES string of the molecule is CC(C)C1CCN([C@H]2CCCC[C@@H]2O)C1. The minimum atomic E-state index is -0.0512.